The predicted octanol–water partition coefficient (Wildman–Crippen LogP) is 0.309. The first-order chi connectivity index (χ1) is 6.06. The number of hydrogen-bond donors (Lipinski definition) is 2. The van der Waals surface area contributed by atoms with E-state index in [4.69, 9.17) is 15.3 Å². The van der Waals surface area contributed by atoms with Crippen molar-refractivity contribution in [1.82, 2.24) is 0 Å². The van der Waals surface area contributed by atoms with Gasteiger partial charge in [-0.2, -0.15) is 5.26 Å². The largest absolute Gasteiger partial charge is 0.488 e. The van der Waals surface area contributed by atoms with Crippen LogP contribution in [0.4, 0.5) is 0 Å². The Morgan fingerprint density at radius 3 is 2.54 bits per heavy atom. The summed E-state index contributed by atoms with van der Waals surface area (Å²) in [4.78, 5) is 0. The van der Waals surface area contributed by atoms with Crippen molar-refractivity contribution >= 4 is 28.5 Å². The molecule has 1 aromatic carbocycles. The van der Waals surface area contributed by atoms with Crippen LogP contribution in [0.3, 0.4) is 0 Å². The molecule has 0 amide bonds. The van der Waals surface area contributed by atoms with Crippen molar-refractivity contribution < 1.29 is 10.0 Å². The van der Waals surface area contributed by atoms with Gasteiger partial charge in [0.15, 0.2) is 0 Å². The fourth-order valence-electron chi connectivity index (χ4n) is 1.08. The second kappa shape index (κ2) is 3.92. The van der Waals surface area contributed by atoms with E-state index >= 15 is 0 Å². The molecule has 13 heavy (non-hydrogen) atoms. The first kappa shape index (κ1) is 10.3. The zero-order valence-electron chi connectivity index (χ0n) is 6.95. The molecule has 0 fully saturated rings. The molecule has 5 heteroatoms. The summed E-state index contributed by atoms with van der Waals surface area (Å²) in [7, 11) is -1.54. The normalized spacial score (nSPS) is 9.46. The van der Waals surface area contributed by atoms with Crippen LogP contribution in [0.5, 0.6) is 0 Å². The number of benzene rings is 1. The zero-order valence-corrected chi connectivity index (χ0v) is 8.54. The molecule has 0 bridgehead atoms. The summed E-state index contributed by atoms with van der Waals surface area (Å²) in [5, 5.41) is 26.7. The fraction of sp³-hybridized carbons (Fsp3) is 0.125. The molecule has 0 saturated heterocycles. The van der Waals surface area contributed by atoms with E-state index in [0.717, 1.165) is 0 Å². The van der Waals surface area contributed by atoms with Gasteiger partial charge in [0.05, 0.1) is 11.6 Å². The van der Waals surface area contributed by atoms with Crippen LogP contribution < -0.4 is 5.46 Å². The molecule has 0 aromatic heterocycles. The number of hydrogen-bond acceptors (Lipinski definition) is 3. The summed E-state index contributed by atoms with van der Waals surface area (Å²) in [6.07, 6.45) is 0. The number of nitrogens with zero attached hydrogens (tertiary/aromatic N) is 1. The Balaban J connectivity index is 3.38. The van der Waals surface area contributed by atoms with Crippen LogP contribution in [0, 0.1) is 18.3 Å². The van der Waals surface area contributed by atoms with Gasteiger partial charge in [0.2, 0.25) is 0 Å². The van der Waals surface area contributed by atoms with E-state index in [0.29, 0.717) is 21.1 Å². The molecule has 0 radical (unpaired) electrons. The molecule has 1 aromatic rings. The standard InChI is InChI=1S/C8H7BBrNO2/c1-5-6(4-11)2-7(10)3-8(5)9(12)13/h2-3,12-13H,1H3. The molecular formula is C8H7BBrNO2. The molecule has 66 valence electrons. The first-order valence-electron chi connectivity index (χ1n) is 3.62. The van der Waals surface area contributed by atoms with E-state index in [1.165, 1.54) is 0 Å². The van der Waals surface area contributed by atoms with Gasteiger partial charge in [-0.1, -0.05) is 15.9 Å². The van der Waals surface area contributed by atoms with Gasteiger partial charge in [-0.3, -0.25) is 0 Å². The second-order valence-corrected chi connectivity index (χ2v) is 3.57. The van der Waals surface area contributed by atoms with Crippen molar-refractivity contribution in [2.24, 2.45) is 0 Å². The molecule has 0 atom stereocenters. The minimum Gasteiger partial charge on any atom is -0.423 e. The second-order valence-electron chi connectivity index (χ2n) is 2.65. The zero-order chi connectivity index (χ0) is 10.0. The summed E-state index contributed by atoms with van der Waals surface area (Å²) < 4.78 is 0.665. The Labute approximate surface area is 84.9 Å². The van der Waals surface area contributed by atoms with Gasteiger partial charge in [0.25, 0.3) is 0 Å². The maximum absolute atomic E-state index is 8.97. The average molecular weight is 240 g/mol. The SMILES string of the molecule is Cc1c(C#N)cc(Br)cc1B(O)O. The predicted molar refractivity (Wildman–Crippen MR) is 53.4 cm³/mol. The Hall–Kier alpha value is -0.825. The lowest BCUT2D eigenvalue weighted by Crippen LogP contribution is -2.32. The lowest BCUT2D eigenvalue weighted by molar-refractivity contribution is 0.425. The van der Waals surface area contributed by atoms with Crippen molar-refractivity contribution in [2.75, 3.05) is 0 Å². The fourth-order valence-corrected chi connectivity index (χ4v) is 1.56. The molecule has 1 rings (SSSR count). The summed E-state index contributed by atoms with van der Waals surface area (Å²) >= 11 is 3.18. The van der Waals surface area contributed by atoms with Crippen molar-refractivity contribution in [2.45, 2.75) is 6.92 Å². The maximum Gasteiger partial charge on any atom is 0.488 e. The highest BCUT2D eigenvalue weighted by Gasteiger charge is 2.16. The average Bonchev–Trinajstić information content (AvgIpc) is 2.08. The van der Waals surface area contributed by atoms with Crippen LogP contribution in [-0.2, 0) is 0 Å². The molecule has 0 spiro atoms. The summed E-state index contributed by atoms with van der Waals surface area (Å²) in [5.74, 6) is 0. The van der Waals surface area contributed by atoms with Gasteiger partial charge in [-0.15, -0.1) is 0 Å². The molecule has 0 unspecified atom stereocenters. The molecule has 0 aliphatic rings. The van der Waals surface area contributed by atoms with Crippen LogP contribution in [0.1, 0.15) is 11.1 Å². The summed E-state index contributed by atoms with van der Waals surface area (Å²) in [6.45, 7) is 1.68. The molecular weight excluding hydrogens is 233 g/mol. The first-order valence-corrected chi connectivity index (χ1v) is 4.42. The van der Waals surface area contributed by atoms with Crippen LogP contribution in [0.2, 0.25) is 0 Å². The topological polar surface area (TPSA) is 64.2 Å². The van der Waals surface area contributed by atoms with E-state index in [1.807, 2.05) is 6.07 Å². The monoisotopic (exact) mass is 239 g/mol. The Kier molecular flexibility index (Phi) is 3.09. The minimum atomic E-state index is -1.54. The molecule has 0 aliphatic heterocycles. The van der Waals surface area contributed by atoms with Crippen LogP contribution in [0.25, 0.3) is 0 Å². The number of halogens is 1. The highest BCUT2D eigenvalue weighted by molar-refractivity contribution is 9.10. The highest BCUT2D eigenvalue weighted by Crippen LogP contribution is 2.13. The third-order valence-electron chi connectivity index (χ3n) is 1.81. The van der Waals surface area contributed by atoms with E-state index in [1.54, 1.807) is 19.1 Å². The van der Waals surface area contributed by atoms with Gasteiger partial charge < -0.3 is 10.0 Å². The van der Waals surface area contributed by atoms with E-state index < -0.39 is 7.12 Å². The van der Waals surface area contributed by atoms with Gasteiger partial charge in [0, 0.05) is 4.47 Å². The smallest absolute Gasteiger partial charge is 0.423 e. The lowest BCUT2D eigenvalue weighted by Gasteiger charge is -2.06. The maximum atomic E-state index is 8.97. The van der Waals surface area contributed by atoms with Crippen molar-refractivity contribution in [1.29, 1.82) is 5.26 Å². The van der Waals surface area contributed by atoms with Gasteiger partial charge in [-0.25, -0.2) is 0 Å². The van der Waals surface area contributed by atoms with Crippen LogP contribution >= 0.6 is 15.9 Å². The van der Waals surface area contributed by atoms with Crippen molar-refractivity contribution in [3.63, 3.8) is 0 Å². The molecule has 3 nitrogen and oxygen atoms in total. The third-order valence-corrected chi connectivity index (χ3v) is 2.27. The van der Waals surface area contributed by atoms with E-state index in [9.17, 15) is 0 Å². The van der Waals surface area contributed by atoms with Gasteiger partial charge >= 0.3 is 7.12 Å². The van der Waals surface area contributed by atoms with Crippen molar-refractivity contribution in [3.05, 3.63) is 27.7 Å². The molecule has 0 aliphatic carbocycles. The highest BCUT2D eigenvalue weighted by atomic mass is 79.9. The lowest BCUT2D eigenvalue weighted by atomic mass is 9.76. The van der Waals surface area contributed by atoms with E-state index in [2.05, 4.69) is 15.9 Å². The Morgan fingerprint density at radius 1 is 1.46 bits per heavy atom. The van der Waals surface area contributed by atoms with Crippen LogP contribution in [0.15, 0.2) is 16.6 Å². The summed E-state index contributed by atoms with van der Waals surface area (Å²) in [5.41, 5.74) is 1.39. The third kappa shape index (κ3) is 2.10. The summed E-state index contributed by atoms with van der Waals surface area (Å²) in [6, 6.07) is 5.20. The van der Waals surface area contributed by atoms with E-state index in [-0.39, 0.29) is 0 Å². The van der Waals surface area contributed by atoms with Gasteiger partial charge in [0.1, 0.15) is 0 Å². The quantitative estimate of drug-likeness (QED) is 0.694. The van der Waals surface area contributed by atoms with Crippen molar-refractivity contribution in [3.8, 4) is 6.07 Å². The minimum absolute atomic E-state index is 0.353. The number of nitriles is 1. The Bertz CT molecular complexity index is 373. The molecule has 0 saturated carbocycles. The number of rotatable bonds is 1. The van der Waals surface area contributed by atoms with Crippen LogP contribution in [-0.4, -0.2) is 17.2 Å². The molecule has 2 N–H and O–H groups in total. The molecule has 0 heterocycles. The van der Waals surface area contributed by atoms with Gasteiger partial charge in [-0.05, 0) is 30.1 Å². The Morgan fingerprint density at radius 2 is 2.08 bits per heavy atom.